The van der Waals surface area contributed by atoms with Crippen molar-refractivity contribution < 1.29 is 9.53 Å². The molecule has 1 atom stereocenters. The van der Waals surface area contributed by atoms with Crippen LogP contribution in [0, 0.1) is 5.92 Å². The van der Waals surface area contributed by atoms with E-state index in [0.717, 1.165) is 49.4 Å². The van der Waals surface area contributed by atoms with Crippen LogP contribution in [-0.4, -0.2) is 31.0 Å². The predicted molar refractivity (Wildman–Crippen MR) is 78.1 cm³/mol. The minimum absolute atomic E-state index is 0.0348. The Morgan fingerprint density at radius 1 is 1.50 bits per heavy atom. The van der Waals surface area contributed by atoms with Crippen LogP contribution in [0.1, 0.15) is 24.0 Å². The molecule has 1 fully saturated rings. The number of likely N-dealkylation sites (tertiary alicyclic amines) is 1. The number of benzene rings is 1. The summed E-state index contributed by atoms with van der Waals surface area (Å²) in [6.45, 7) is 2.99. The average molecular weight is 277 g/mol. The number of nitrogens with two attached hydrogens (primary N) is 2. The molecule has 1 unspecified atom stereocenters. The van der Waals surface area contributed by atoms with Gasteiger partial charge in [0.25, 0.3) is 0 Å². The third-order valence-electron chi connectivity index (χ3n) is 3.88. The Morgan fingerprint density at radius 2 is 2.30 bits per heavy atom. The Bertz CT molecular complexity index is 476. The molecule has 1 amide bonds. The van der Waals surface area contributed by atoms with Crippen molar-refractivity contribution in [2.45, 2.75) is 25.9 Å². The van der Waals surface area contributed by atoms with E-state index in [-0.39, 0.29) is 11.8 Å². The summed E-state index contributed by atoms with van der Waals surface area (Å²) in [5.74, 6) is 0.633. The summed E-state index contributed by atoms with van der Waals surface area (Å²) in [7, 11) is 1.67. The Morgan fingerprint density at radius 3 is 2.95 bits per heavy atom. The van der Waals surface area contributed by atoms with Crippen LogP contribution in [0.15, 0.2) is 18.2 Å². The predicted octanol–water partition coefficient (Wildman–Crippen LogP) is 0.851. The van der Waals surface area contributed by atoms with Gasteiger partial charge in [0, 0.05) is 25.2 Å². The van der Waals surface area contributed by atoms with Crippen LogP contribution < -0.4 is 16.2 Å². The van der Waals surface area contributed by atoms with E-state index in [0.29, 0.717) is 6.54 Å². The van der Waals surface area contributed by atoms with Crippen molar-refractivity contribution in [3.8, 4) is 5.75 Å². The number of hydrogen-bond acceptors (Lipinski definition) is 4. The molecule has 0 aromatic heterocycles. The number of carbonyl (C=O) groups excluding carboxylic acids is 1. The molecule has 1 heterocycles. The van der Waals surface area contributed by atoms with Gasteiger partial charge in [0.15, 0.2) is 0 Å². The highest BCUT2D eigenvalue weighted by molar-refractivity contribution is 5.76. The Hall–Kier alpha value is -1.59. The van der Waals surface area contributed by atoms with Gasteiger partial charge in [0.05, 0.1) is 13.0 Å². The second kappa shape index (κ2) is 6.72. The Balaban J connectivity index is 2.10. The third-order valence-corrected chi connectivity index (χ3v) is 3.88. The maximum Gasteiger partial charge on any atom is 0.221 e. The lowest BCUT2D eigenvalue weighted by Crippen LogP contribution is -2.40. The number of hydrogen-bond donors (Lipinski definition) is 2. The highest BCUT2D eigenvalue weighted by atomic mass is 16.5. The van der Waals surface area contributed by atoms with Gasteiger partial charge in [-0.25, -0.2) is 0 Å². The topological polar surface area (TPSA) is 81.6 Å². The van der Waals surface area contributed by atoms with Crippen molar-refractivity contribution in [3.05, 3.63) is 29.3 Å². The fourth-order valence-corrected chi connectivity index (χ4v) is 2.75. The van der Waals surface area contributed by atoms with Crippen LogP contribution in [0.25, 0.3) is 0 Å². The van der Waals surface area contributed by atoms with Crippen LogP contribution in [0.2, 0.25) is 0 Å². The third kappa shape index (κ3) is 3.49. The van der Waals surface area contributed by atoms with Crippen LogP contribution in [-0.2, 0) is 17.9 Å². The summed E-state index contributed by atoms with van der Waals surface area (Å²) in [4.78, 5) is 13.6. The highest BCUT2D eigenvalue weighted by Crippen LogP contribution is 2.24. The molecule has 0 radical (unpaired) electrons. The van der Waals surface area contributed by atoms with Crippen LogP contribution in [0.5, 0.6) is 5.75 Å². The average Bonchev–Trinajstić information content (AvgIpc) is 2.47. The van der Waals surface area contributed by atoms with Gasteiger partial charge in [0.2, 0.25) is 5.91 Å². The largest absolute Gasteiger partial charge is 0.496 e. The number of rotatable bonds is 5. The van der Waals surface area contributed by atoms with Gasteiger partial charge in [-0.05, 0) is 37.1 Å². The minimum atomic E-state index is -0.197. The molecule has 1 saturated heterocycles. The lowest BCUT2D eigenvalue weighted by Gasteiger charge is -2.31. The standard InChI is InChI=1S/C15H23N3O2/c1-20-14-5-4-11(8-16)7-13(14)10-18-6-2-3-12(9-18)15(17)19/h4-5,7,12H,2-3,6,8-10,16H2,1H3,(H2,17,19). The molecule has 1 aliphatic heterocycles. The molecular weight excluding hydrogens is 254 g/mol. The molecule has 0 spiro atoms. The van der Waals surface area contributed by atoms with E-state index in [2.05, 4.69) is 11.0 Å². The monoisotopic (exact) mass is 277 g/mol. The maximum atomic E-state index is 11.3. The first-order valence-electron chi connectivity index (χ1n) is 7.01. The van der Waals surface area contributed by atoms with Crippen molar-refractivity contribution >= 4 is 5.91 Å². The summed E-state index contributed by atoms with van der Waals surface area (Å²) >= 11 is 0. The SMILES string of the molecule is COc1ccc(CN)cc1CN1CCCC(C(N)=O)C1. The van der Waals surface area contributed by atoms with Crippen LogP contribution >= 0.6 is 0 Å². The molecule has 0 aliphatic carbocycles. The molecule has 20 heavy (non-hydrogen) atoms. The number of piperidine rings is 1. The number of amides is 1. The summed E-state index contributed by atoms with van der Waals surface area (Å²) in [5.41, 5.74) is 13.3. The fraction of sp³-hybridized carbons (Fsp3) is 0.533. The lowest BCUT2D eigenvalue weighted by molar-refractivity contribution is -0.123. The van der Waals surface area contributed by atoms with Crippen molar-refractivity contribution in [1.82, 2.24) is 4.90 Å². The van der Waals surface area contributed by atoms with Crippen molar-refractivity contribution in [2.75, 3.05) is 20.2 Å². The molecule has 0 saturated carbocycles. The molecule has 1 aromatic carbocycles. The van der Waals surface area contributed by atoms with Gasteiger partial charge >= 0.3 is 0 Å². The minimum Gasteiger partial charge on any atom is -0.496 e. The van der Waals surface area contributed by atoms with Gasteiger partial charge < -0.3 is 16.2 Å². The number of carbonyl (C=O) groups is 1. The smallest absolute Gasteiger partial charge is 0.221 e. The zero-order chi connectivity index (χ0) is 14.5. The Kier molecular flexibility index (Phi) is 4.98. The summed E-state index contributed by atoms with van der Waals surface area (Å²) in [6.07, 6.45) is 1.90. The zero-order valence-electron chi connectivity index (χ0n) is 12.0. The number of ether oxygens (including phenoxy) is 1. The van der Waals surface area contributed by atoms with Crippen LogP contribution in [0.3, 0.4) is 0 Å². The van der Waals surface area contributed by atoms with Gasteiger partial charge in [-0.1, -0.05) is 6.07 Å². The normalized spacial score (nSPS) is 19.8. The van der Waals surface area contributed by atoms with E-state index in [1.54, 1.807) is 7.11 Å². The molecule has 1 aliphatic rings. The molecule has 2 rings (SSSR count). The summed E-state index contributed by atoms with van der Waals surface area (Å²) in [5, 5.41) is 0. The second-order valence-corrected chi connectivity index (χ2v) is 5.33. The van der Waals surface area contributed by atoms with Crippen molar-refractivity contribution in [2.24, 2.45) is 17.4 Å². The van der Waals surface area contributed by atoms with Crippen LogP contribution in [0.4, 0.5) is 0 Å². The number of nitrogens with zero attached hydrogens (tertiary/aromatic N) is 1. The fourth-order valence-electron chi connectivity index (χ4n) is 2.75. The van der Waals surface area contributed by atoms with E-state index in [1.165, 1.54) is 0 Å². The quantitative estimate of drug-likeness (QED) is 0.836. The molecule has 5 heteroatoms. The summed E-state index contributed by atoms with van der Waals surface area (Å²) in [6, 6.07) is 6.00. The first kappa shape index (κ1) is 14.8. The highest BCUT2D eigenvalue weighted by Gasteiger charge is 2.24. The van der Waals surface area contributed by atoms with E-state index in [1.807, 2.05) is 12.1 Å². The molecule has 1 aromatic rings. The zero-order valence-corrected chi connectivity index (χ0v) is 12.0. The number of primary amides is 1. The van der Waals surface area contributed by atoms with E-state index >= 15 is 0 Å². The van der Waals surface area contributed by atoms with Gasteiger partial charge in [-0.3, -0.25) is 9.69 Å². The van der Waals surface area contributed by atoms with Gasteiger partial charge in [-0.2, -0.15) is 0 Å². The van der Waals surface area contributed by atoms with Crippen molar-refractivity contribution in [1.29, 1.82) is 0 Å². The van der Waals surface area contributed by atoms with Gasteiger partial charge in [-0.15, -0.1) is 0 Å². The first-order chi connectivity index (χ1) is 9.63. The molecular formula is C15H23N3O2. The Labute approximate surface area is 119 Å². The van der Waals surface area contributed by atoms with E-state index < -0.39 is 0 Å². The summed E-state index contributed by atoms with van der Waals surface area (Å²) < 4.78 is 5.40. The number of methoxy groups -OCH3 is 1. The maximum absolute atomic E-state index is 11.3. The molecule has 5 nitrogen and oxygen atoms in total. The molecule has 0 bridgehead atoms. The second-order valence-electron chi connectivity index (χ2n) is 5.33. The van der Waals surface area contributed by atoms with Crippen molar-refractivity contribution in [3.63, 3.8) is 0 Å². The van der Waals surface area contributed by atoms with E-state index in [9.17, 15) is 4.79 Å². The van der Waals surface area contributed by atoms with E-state index in [4.69, 9.17) is 16.2 Å². The molecule has 4 N–H and O–H groups in total. The molecule has 110 valence electrons. The first-order valence-corrected chi connectivity index (χ1v) is 7.01. The lowest BCUT2D eigenvalue weighted by atomic mass is 9.97. The van der Waals surface area contributed by atoms with Gasteiger partial charge in [0.1, 0.15) is 5.75 Å².